The highest BCUT2D eigenvalue weighted by Crippen LogP contribution is 2.29. The molecular formula is C16H18ClN5O2. The van der Waals surface area contributed by atoms with E-state index in [1.54, 1.807) is 18.2 Å². The second-order valence-corrected chi connectivity index (χ2v) is 5.61. The summed E-state index contributed by atoms with van der Waals surface area (Å²) in [4.78, 5) is 10.8. The lowest BCUT2D eigenvalue weighted by Crippen LogP contribution is -2.30. The molecule has 1 aromatic carbocycles. The van der Waals surface area contributed by atoms with Crippen molar-refractivity contribution in [3.8, 4) is 17.6 Å². The van der Waals surface area contributed by atoms with Gasteiger partial charge in [-0.25, -0.2) is 0 Å². The van der Waals surface area contributed by atoms with Crippen LogP contribution in [0.25, 0.3) is 0 Å². The lowest BCUT2D eigenvalue weighted by atomic mass is 10.2. The molecule has 0 aliphatic rings. The summed E-state index contributed by atoms with van der Waals surface area (Å²) in [6, 6.07) is 6.87. The Kier molecular flexibility index (Phi) is 6.18. The average Bonchev–Trinajstić information content (AvgIpc) is 2.87. The molecule has 8 heteroatoms. The van der Waals surface area contributed by atoms with E-state index in [1.807, 2.05) is 13.0 Å². The van der Waals surface area contributed by atoms with Gasteiger partial charge in [0.05, 0.1) is 17.3 Å². The minimum Gasteiger partial charge on any atom is -0.453 e. The Morgan fingerprint density at radius 2 is 2.21 bits per heavy atom. The second-order valence-electron chi connectivity index (χ2n) is 5.17. The predicted octanol–water partition coefficient (Wildman–Crippen LogP) is 2.26. The number of carbonyl (C=O) groups excluding carboxylic acids is 1. The summed E-state index contributed by atoms with van der Waals surface area (Å²) in [5.41, 5.74) is 1.90. The van der Waals surface area contributed by atoms with E-state index >= 15 is 0 Å². The molecule has 1 heterocycles. The van der Waals surface area contributed by atoms with Gasteiger partial charge in [-0.2, -0.15) is 10.4 Å². The van der Waals surface area contributed by atoms with Gasteiger partial charge >= 0.3 is 0 Å². The van der Waals surface area contributed by atoms with Crippen molar-refractivity contribution in [3.05, 3.63) is 40.2 Å². The zero-order valence-electron chi connectivity index (χ0n) is 13.4. The van der Waals surface area contributed by atoms with Gasteiger partial charge in [0.25, 0.3) is 0 Å². The maximum Gasteiger partial charge on any atom is 0.216 e. The number of carbonyl (C=O) groups is 1. The molecule has 0 radical (unpaired) electrons. The second kappa shape index (κ2) is 8.34. The summed E-state index contributed by atoms with van der Waals surface area (Å²) in [5, 5.41) is 22.4. The smallest absolute Gasteiger partial charge is 0.216 e. The lowest BCUT2D eigenvalue weighted by molar-refractivity contribution is -0.118. The van der Waals surface area contributed by atoms with Gasteiger partial charge in [0.15, 0.2) is 5.75 Å². The van der Waals surface area contributed by atoms with Crippen LogP contribution >= 0.6 is 11.6 Å². The number of benzene rings is 1. The Morgan fingerprint density at radius 3 is 2.92 bits per heavy atom. The molecule has 0 unspecified atom stereocenters. The van der Waals surface area contributed by atoms with Gasteiger partial charge in [-0.05, 0) is 25.1 Å². The summed E-state index contributed by atoms with van der Waals surface area (Å²) in [5.74, 6) is 1.00. The molecule has 0 saturated carbocycles. The van der Waals surface area contributed by atoms with E-state index in [9.17, 15) is 4.79 Å². The molecule has 3 N–H and O–H groups in total. The van der Waals surface area contributed by atoms with Crippen molar-refractivity contribution in [1.82, 2.24) is 20.8 Å². The fraction of sp³-hybridized carbons (Fsp3) is 0.312. The molecule has 0 atom stereocenters. The van der Waals surface area contributed by atoms with Crippen molar-refractivity contribution >= 4 is 17.5 Å². The van der Waals surface area contributed by atoms with E-state index in [0.29, 0.717) is 47.4 Å². The number of halogens is 1. The minimum absolute atomic E-state index is 0.0642. The molecule has 0 spiro atoms. The first-order valence-corrected chi connectivity index (χ1v) is 7.75. The van der Waals surface area contributed by atoms with Crippen LogP contribution in [0, 0.1) is 18.3 Å². The predicted molar refractivity (Wildman–Crippen MR) is 90.0 cm³/mol. The fourth-order valence-electron chi connectivity index (χ4n) is 2.06. The number of ether oxygens (including phenoxy) is 1. The Hall–Kier alpha value is -2.56. The van der Waals surface area contributed by atoms with Crippen LogP contribution in [-0.4, -0.2) is 29.2 Å². The SMILES string of the molecule is CC(=O)NCCNCc1n[nH]c(C)c1Oc1cc(Cl)cc(C#N)c1. The molecule has 0 saturated heterocycles. The number of nitrogens with zero attached hydrogens (tertiary/aromatic N) is 2. The Balaban J connectivity index is 2.03. The van der Waals surface area contributed by atoms with Gasteiger partial charge in [0.1, 0.15) is 11.4 Å². The van der Waals surface area contributed by atoms with Crippen molar-refractivity contribution in [2.75, 3.05) is 13.1 Å². The molecule has 2 aromatic rings. The van der Waals surface area contributed by atoms with Crippen molar-refractivity contribution in [2.24, 2.45) is 0 Å². The number of amides is 1. The van der Waals surface area contributed by atoms with Crippen LogP contribution in [0.5, 0.6) is 11.5 Å². The zero-order chi connectivity index (χ0) is 17.5. The van der Waals surface area contributed by atoms with Crippen LogP contribution < -0.4 is 15.4 Å². The number of hydrogen-bond acceptors (Lipinski definition) is 5. The number of aromatic nitrogens is 2. The van der Waals surface area contributed by atoms with Gasteiger partial charge in [0.2, 0.25) is 5.91 Å². The summed E-state index contributed by atoms with van der Waals surface area (Å²) in [7, 11) is 0. The standard InChI is InChI=1S/C16H18ClN5O2/c1-10-16(24-14-6-12(8-18)5-13(17)7-14)15(22-21-10)9-19-3-4-20-11(2)23/h5-7,19H,3-4,9H2,1-2H3,(H,20,23)(H,21,22). The molecule has 0 bridgehead atoms. The molecule has 7 nitrogen and oxygen atoms in total. The van der Waals surface area contributed by atoms with Gasteiger partial charge in [-0.15, -0.1) is 0 Å². The molecule has 0 aliphatic carbocycles. The van der Waals surface area contributed by atoms with Gasteiger partial charge in [-0.3, -0.25) is 9.89 Å². The summed E-state index contributed by atoms with van der Waals surface area (Å²) < 4.78 is 5.86. The summed E-state index contributed by atoms with van der Waals surface area (Å²) >= 11 is 5.99. The highest BCUT2D eigenvalue weighted by molar-refractivity contribution is 6.30. The van der Waals surface area contributed by atoms with Gasteiger partial charge in [-0.1, -0.05) is 11.6 Å². The quantitative estimate of drug-likeness (QED) is 0.667. The molecule has 0 aliphatic heterocycles. The van der Waals surface area contributed by atoms with E-state index < -0.39 is 0 Å². The zero-order valence-corrected chi connectivity index (χ0v) is 14.2. The monoisotopic (exact) mass is 347 g/mol. The minimum atomic E-state index is -0.0642. The first-order valence-electron chi connectivity index (χ1n) is 7.37. The number of hydrogen-bond donors (Lipinski definition) is 3. The van der Waals surface area contributed by atoms with Gasteiger partial charge in [0, 0.05) is 31.6 Å². The van der Waals surface area contributed by atoms with Crippen LogP contribution in [-0.2, 0) is 11.3 Å². The number of nitriles is 1. The van der Waals surface area contributed by atoms with Crippen LogP contribution in [0.2, 0.25) is 5.02 Å². The number of aromatic amines is 1. The number of aryl methyl sites for hydroxylation is 1. The molecule has 0 fully saturated rings. The van der Waals surface area contributed by atoms with E-state index in [0.717, 1.165) is 5.69 Å². The normalized spacial score (nSPS) is 10.2. The van der Waals surface area contributed by atoms with E-state index in [1.165, 1.54) is 6.92 Å². The first-order chi connectivity index (χ1) is 11.5. The number of H-pyrrole nitrogens is 1. The molecule has 1 amide bonds. The lowest BCUT2D eigenvalue weighted by Gasteiger charge is -2.09. The fourth-order valence-corrected chi connectivity index (χ4v) is 2.29. The largest absolute Gasteiger partial charge is 0.453 e. The van der Waals surface area contributed by atoms with Crippen molar-refractivity contribution < 1.29 is 9.53 Å². The van der Waals surface area contributed by atoms with Crippen molar-refractivity contribution in [1.29, 1.82) is 5.26 Å². The highest BCUT2D eigenvalue weighted by atomic mass is 35.5. The van der Waals surface area contributed by atoms with Crippen LogP contribution in [0.3, 0.4) is 0 Å². The third kappa shape index (κ3) is 4.98. The van der Waals surface area contributed by atoms with E-state index in [2.05, 4.69) is 20.8 Å². The van der Waals surface area contributed by atoms with E-state index in [-0.39, 0.29) is 5.91 Å². The van der Waals surface area contributed by atoms with Crippen LogP contribution in [0.15, 0.2) is 18.2 Å². The summed E-state index contributed by atoms with van der Waals surface area (Å²) in [6.45, 7) is 4.95. The molecule has 24 heavy (non-hydrogen) atoms. The Bertz CT molecular complexity index is 766. The van der Waals surface area contributed by atoms with Gasteiger partial charge < -0.3 is 15.4 Å². The maximum atomic E-state index is 10.8. The number of nitrogens with one attached hydrogen (secondary N) is 3. The Morgan fingerprint density at radius 1 is 1.42 bits per heavy atom. The summed E-state index contributed by atoms with van der Waals surface area (Å²) in [6.07, 6.45) is 0. The Labute approximate surface area is 145 Å². The van der Waals surface area contributed by atoms with Crippen LogP contribution in [0.4, 0.5) is 0 Å². The first kappa shape index (κ1) is 17.8. The maximum absolute atomic E-state index is 10.8. The highest BCUT2D eigenvalue weighted by Gasteiger charge is 2.13. The molecule has 126 valence electrons. The molecular weight excluding hydrogens is 330 g/mol. The van der Waals surface area contributed by atoms with E-state index in [4.69, 9.17) is 21.6 Å². The number of rotatable bonds is 7. The van der Waals surface area contributed by atoms with Crippen molar-refractivity contribution in [3.63, 3.8) is 0 Å². The van der Waals surface area contributed by atoms with Crippen LogP contribution in [0.1, 0.15) is 23.9 Å². The average molecular weight is 348 g/mol. The molecule has 2 rings (SSSR count). The third-order valence-electron chi connectivity index (χ3n) is 3.15. The van der Waals surface area contributed by atoms with Crippen molar-refractivity contribution in [2.45, 2.75) is 20.4 Å². The third-order valence-corrected chi connectivity index (χ3v) is 3.37. The molecule has 1 aromatic heterocycles. The topological polar surface area (TPSA) is 103 Å².